The van der Waals surface area contributed by atoms with Gasteiger partial charge in [0.15, 0.2) is 5.96 Å². The highest BCUT2D eigenvalue weighted by molar-refractivity contribution is 7.09. The van der Waals surface area contributed by atoms with E-state index in [4.69, 9.17) is 5.73 Å². The van der Waals surface area contributed by atoms with Crippen molar-refractivity contribution in [2.45, 2.75) is 12.8 Å². The second-order valence-electron chi connectivity index (χ2n) is 5.18. The Balaban J connectivity index is 1.57. The molecule has 0 saturated heterocycles. The monoisotopic (exact) mass is 348 g/mol. The average molecular weight is 348 g/mol. The first-order chi connectivity index (χ1) is 11.6. The van der Waals surface area contributed by atoms with E-state index in [1.165, 1.54) is 17.0 Å². The van der Waals surface area contributed by atoms with Crippen molar-refractivity contribution < 1.29 is 9.18 Å². The van der Waals surface area contributed by atoms with Crippen LogP contribution in [0, 0.1) is 5.82 Å². The van der Waals surface area contributed by atoms with Crippen LogP contribution in [0.2, 0.25) is 0 Å². The van der Waals surface area contributed by atoms with Crippen LogP contribution in [0.4, 0.5) is 4.39 Å². The summed E-state index contributed by atoms with van der Waals surface area (Å²) in [7, 11) is 0. The molecular weight excluding hydrogens is 327 g/mol. The highest BCUT2D eigenvalue weighted by Crippen LogP contribution is 2.08. The number of amides is 1. The van der Waals surface area contributed by atoms with Crippen molar-refractivity contribution in [1.82, 2.24) is 10.6 Å². The zero-order chi connectivity index (χ0) is 17.2. The first kappa shape index (κ1) is 17.9. The number of hydrogen-bond donors (Lipinski definition) is 3. The van der Waals surface area contributed by atoms with Gasteiger partial charge in [0, 0.05) is 30.9 Å². The highest BCUT2D eigenvalue weighted by atomic mass is 32.1. The molecule has 0 bridgehead atoms. The van der Waals surface area contributed by atoms with E-state index in [2.05, 4.69) is 21.7 Å². The molecule has 0 unspecified atom stereocenters. The summed E-state index contributed by atoms with van der Waals surface area (Å²) in [5.41, 5.74) is 6.54. The number of guanidine groups is 1. The molecule has 4 N–H and O–H groups in total. The molecule has 24 heavy (non-hydrogen) atoms. The van der Waals surface area contributed by atoms with Gasteiger partial charge in [-0.1, -0.05) is 18.2 Å². The molecular formula is C17H21FN4OS. The number of rotatable bonds is 8. The normalized spacial score (nSPS) is 11.3. The third kappa shape index (κ3) is 6.78. The van der Waals surface area contributed by atoms with Gasteiger partial charge in [0.1, 0.15) is 5.82 Å². The minimum absolute atomic E-state index is 0.114. The van der Waals surface area contributed by atoms with E-state index < -0.39 is 0 Å². The van der Waals surface area contributed by atoms with E-state index in [1.807, 2.05) is 11.4 Å². The minimum atomic E-state index is -0.308. The standard InChI is InChI=1S/C17H21FN4OS/c18-14-5-3-13(4-6-14)12-16(23)20-9-10-22-17(19)21-8-7-15-2-1-11-24-15/h1-6,11H,7-10,12H2,(H,20,23)(H3,19,21,22). The second kappa shape index (κ2) is 9.67. The summed E-state index contributed by atoms with van der Waals surface area (Å²) in [4.78, 5) is 17.3. The van der Waals surface area contributed by atoms with Gasteiger partial charge in [0.25, 0.3) is 0 Å². The predicted octanol–water partition coefficient (Wildman–Crippen LogP) is 1.69. The van der Waals surface area contributed by atoms with Gasteiger partial charge < -0.3 is 16.4 Å². The fourth-order valence-corrected chi connectivity index (χ4v) is 2.74. The van der Waals surface area contributed by atoms with Gasteiger partial charge in [0.05, 0.1) is 6.42 Å². The topological polar surface area (TPSA) is 79.5 Å². The number of carbonyl (C=O) groups excluding carboxylic acids is 1. The van der Waals surface area contributed by atoms with E-state index in [-0.39, 0.29) is 18.1 Å². The summed E-state index contributed by atoms with van der Waals surface area (Å²) in [6.45, 7) is 1.58. The lowest BCUT2D eigenvalue weighted by atomic mass is 10.1. The Morgan fingerprint density at radius 2 is 1.92 bits per heavy atom. The molecule has 1 heterocycles. The summed E-state index contributed by atoms with van der Waals surface area (Å²) in [6.07, 6.45) is 1.10. The van der Waals surface area contributed by atoms with Crippen LogP contribution >= 0.6 is 11.3 Å². The quantitative estimate of drug-likeness (QED) is 0.386. The molecule has 0 saturated carbocycles. The fourth-order valence-electron chi connectivity index (χ4n) is 2.04. The molecule has 5 nitrogen and oxygen atoms in total. The van der Waals surface area contributed by atoms with Gasteiger partial charge in [-0.2, -0.15) is 0 Å². The molecule has 128 valence electrons. The van der Waals surface area contributed by atoms with Crippen LogP contribution in [0.15, 0.2) is 46.8 Å². The van der Waals surface area contributed by atoms with Crippen molar-refractivity contribution in [2.24, 2.45) is 10.7 Å². The minimum Gasteiger partial charge on any atom is -0.370 e. The molecule has 0 aliphatic carbocycles. The van der Waals surface area contributed by atoms with Crippen LogP contribution in [0.3, 0.4) is 0 Å². The lowest BCUT2D eigenvalue weighted by Gasteiger charge is -2.07. The van der Waals surface area contributed by atoms with Gasteiger partial charge in [-0.3, -0.25) is 9.79 Å². The first-order valence-electron chi connectivity index (χ1n) is 7.71. The molecule has 1 aromatic heterocycles. The molecule has 0 atom stereocenters. The Hall–Kier alpha value is -2.41. The molecule has 2 rings (SSSR count). The molecule has 1 aromatic carbocycles. The van der Waals surface area contributed by atoms with Crippen LogP contribution in [-0.2, 0) is 17.6 Å². The summed E-state index contributed by atoms with van der Waals surface area (Å²) in [5.74, 6) is -0.0480. The molecule has 1 amide bonds. The lowest BCUT2D eigenvalue weighted by Crippen LogP contribution is -2.38. The number of nitrogens with two attached hydrogens (primary N) is 1. The Kier molecular flexibility index (Phi) is 7.22. The van der Waals surface area contributed by atoms with E-state index >= 15 is 0 Å². The van der Waals surface area contributed by atoms with Crippen molar-refractivity contribution in [3.8, 4) is 0 Å². The second-order valence-corrected chi connectivity index (χ2v) is 6.21. The molecule has 0 radical (unpaired) electrons. The molecule has 0 fully saturated rings. The lowest BCUT2D eigenvalue weighted by molar-refractivity contribution is -0.120. The van der Waals surface area contributed by atoms with Gasteiger partial charge in [-0.25, -0.2) is 4.39 Å². The number of aliphatic imine (C=N–C) groups is 1. The Morgan fingerprint density at radius 3 is 2.62 bits per heavy atom. The number of hydrogen-bond acceptors (Lipinski definition) is 3. The SMILES string of the molecule is NC(=NCCc1cccs1)NCCNC(=O)Cc1ccc(F)cc1. The largest absolute Gasteiger partial charge is 0.370 e. The number of benzene rings is 1. The molecule has 0 aliphatic heterocycles. The first-order valence-corrected chi connectivity index (χ1v) is 8.59. The van der Waals surface area contributed by atoms with Crippen LogP contribution < -0.4 is 16.4 Å². The maximum absolute atomic E-state index is 12.8. The van der Waals surface area contributed by atoms with Crippen molar-refractivity contribution in [3.63, 3.8) is 0 Å². The molecule has 7 heteroatoms. The van der Waals surface area contributed by atoms with E-state index in [0.717, 1.165) is 12.0 Å². The number of halogens is 1. The Labute approximate surface area is 144 Å². The number of carbonyl (C=O) groups is 1. The highest BCUT2D eigenvalue weighted by Gasteiger charge is 2.03. The van der Waals surface area contributed by atoms with Crippen LogP contribution in [0.25, 0.3) is 0 Å². The van der Waals surface area contributed by atoms with Gasteiger partial charge in [-0.05, 0) is 29.1 Å². The predicted molar refractivity (Wildman–Crippen MR) is 95.6 cm³/mol. The maximum Gasteiger partial charge on any atom is 0.224 e. The van der Waals surface area contributed by atoms with Gasteiger partial charge in [-0.15, -0.1) is 11.3 Å². The summed E-state index contributed by atoms with van der Waals surface area (Å²) in [6, 6.07) is 9.98. The molecule has 2 aromatic rings. The van der Waals surface area contributed by atoms with Crippen LogP contribution in [0.5, 0.6) is 0 Å². The fraction of sp³-hybridized carbons (Fsp3) is 0.294. The summed E-state index contributed by atoms with van der Waals surface area (Å²) >= 11 is 1.70. The van der Waals surface area contributed by atoms with Gasteiger partial charge >= 0.3 is 0 Å². The zero-order valence-electron chi connectivity index (χ0n) is 13.3. The van der Waals surface area contributed by atoms with Crippen molar-refractivity contribution in [2.75, 3.05) is 19.6 Å². The van der Waals surface area contributed by atoms with E-state index in [1.54, 1.807) is 23.5 Å². The van der Waals surface area contributed by atoms with Gasteiger partial charge in [0.2, 0.25) is 5.91 Å². The Bertz CT molecular complexity index is 656. The van der Waals surface area contributed by atoms with Crippen molar-refractivity contribution in [3.05, 3.63) is 58.0 Å². The van der Waals surface area contributed by atoms with Crippen LogP contribution in [0.1, 0.15) is 10.4 Å². The van der Waals surface area contributed by atoms with Crippen LogP contribution in [-0.4, -0.2) is 31.5 Å². The number of nitrogens with one attached hydrogen (secondary N) is 2. The number of nitrogens with zero attached hydrogens (tertiary/aromatic N) is 1. The third-order valence-corrected chi connectivity index (χ3v) is 4.19. The maximum atomic E-state index is 12.8. The molecule has 0 spiro atoms. The molecule has 0 aliphatic rings. The third-order valence-electron chi connectivity index (χ3n) is 3.25. The van der Waals surface area contributed by atoms with E-state index in [0.29, 0.717) is 25.6 Å². The van der Waals surface area contributed by atoms with Crippen molar-refractivity contribution >= 4 is 23.2 Å². The zero-order valence-corrected chi connectivity index (χ0v) is 14.1. The summed E-state index contributed by atoms with van der Waals surface area (Å²) < 4.78 is 12.8. The summed E-state index contributed by atoms with van der Waals surface area (Å²) in [5, 5.41) is 7.77. The Morgan fingerprint density at radius 1 is 1.17 bits per heavy atom. The average Bonchev–Trinajstić information content (AvgIpc) is 3.07. The van der Waals surface area contributed by atoms with Crippen molar-refractivity contribution in [1.29, 1.82) is 0 Å². The number of thiophene rings is 1. The van der Waals surface area contributed by atoms with E-state index in [9.17, 15) is 9.18 Å². The smallest absolute Gasteiger partial charge is 0.224 e.